The first-order chi connectivity index (χ1) is 21.3. The Hall–Kier alpha value is -4.82. The predicted octanol–water partition coefficient (Wildman–Crippen LogP) is 4.28. The van der Waals surface area contributed by atoms with Gasteiger partial charge in [-0.3, -0.25) is 19.3 Å². The molecule has 2 aliphatic heterocycles. The number of amides is 1. The maximum atomic E-state index is 15.8. The second-order valence-corrected chi connectivity index (χ2v) is 11.2. The van der Waals surface area contributed by atoms with E-state index in [0.717, 1.165) is 24.3 Å². The number of nitrogens with zero attached hydrogens (tertiary/aromatic N) is 4. The number of thiazole rings is 1. The largest absolute Gasteiger partial charge is 0.510 e. The molecule has 3 aliphatic rings. The zero-order valence-corrected chi connectivity index (χ0v) is 24.2. The third-order valence-electron chi connectivity index (χ3n) is 7.93. The number of methoxy groups -OCH3 is 1. The lowest BCUT2D eigenvalue weighted by atomic mass is 9.92. The first kappa shape index (κ1) is 28.0. The number of carbonyl (C=O) groups is 2. The predicted molar refractivity (Wildman–Crippen MR) is 153 cm³/mol. The molecule has 7 rings (SSSR count). The molecule has 0 spiro atoms. The fourth-order valence-corrected chi connectivity index (χ4v) is 6.92. The van der Waals surface area contributed by atoms with E-state index in [1.807, 2.05) is 36.2 Å². The molecule has 0 saturated carbocycles. The molecule has 2 aromatic heterocycles. The van der Waals surface area contributed by atoms with Crippen LogP contribution in [0.1, 0.15) is 34.6 Å². The second-order valence-electron chi connectivity index (χ2n) is 10.4. The molecule has 11 nitrogen and oxygen atoms in total. The van der Waals surface area contributed by atoms with Crippen LogP contribution in [-0.4, -0.2) is 65.9 Å². The van der Waals surface area contributed by atoms with Gasteiger partial charge >= 0.3 is 6.16 Å². The van der Waals surface area contributed by atoms with Gasteiger partial charge in [0.05, 0.1) is 41.9 Å². The number of rotatable bonds is 4. The topological polar surface area (TPSA) is 112 Å². The van der Waals surface area contributed by atoms with Gasteiger partial charge in [0.15, 0.2) is 17.3 Å². The van der Waals surface area contributed by atoms with Crippen LogP contribution in [0.15, 0.2) is 59.0 Å². The Kier molecular flexibility index (Phi) is 6.81. The van der Waals surface area contributed by atoms with Crippen LogP contribution in [0.5, 0.6) is 5.75 Å². The van der Waals surface area contributed by atoms with Crippen molar-refractivity contribution in [3.8, 4) is 27.4 Å². The lowest BCUT2D eigenvalue weighted by molar-refractivity contribution is -0.0579. The highest BCUT2D eigenvalue weighted by Crippen LogP contribution is 2.50. The van der Waals surface area contributed by atoms with Gasteiger partial charge < -0.3 is 23.8 Å². The Morgan fingerprint density at radius 3 is 2.77 bits per heavy atom. The Labute approximate surface area is 252 Å². The summed E-state index contributed by atoms with van der Waals surface area (Å²) in [6.45, 7) is 1.38. The van der Waals surface area contributed by atoms with E-state index < -0.39 is 48.1 Å². The fourth-order valence-electron chi connectivity index (χ4n) is 6.08. The van der Waals surface area contributed by atoms with Gasteiger partial charge in [0.2, 0.25) is 18.0 Å². The number of benzene rings is 2. The molecule has 226 valence electrons. The first-order valence-corrected chi connectivity index (χ1v) is 14.5. The summed E-state index contributed by atoms with van der Waals surface area (Å²) < 4.78 is 53.1. The maximum Gasteiger partial charge on any atom is 0.510 e. The number of fused-ring (bicyclic) bond motifs is 7. The molecule has 1 aliphatic carbocycles. The molecule has 3 atom stereocenters. The summed E-state index contributed by atoms with van der Waals surface area (Å²) in [4.78, 5) is 45.4. The summed E-state index contributed by atoms with van der Waals surface area (Å²) in [7, 11) is 1.12. The number of hydrogen-bond acceptors (Lipinski definition) is 10. The van der Waals surface area contributed by atoms with Crippen molar-refractivity contribution in [3.05, 3.63) is 92.9 Å². The van der Waals surface area contributed by atoms with E-state index in [1.54, 1.807) is 10.4 Å². The maximum absolute atomic E-state index is 15.8. The van der Waals surface area contributed by atoms with E-state index in [0.29, 0.717) is 16.1 Å². The van der Waals surface area contributed by atoms with Gasteiger partial charge in [0.25, 0.3) is 5.91 Å². The van der Waals surface area contributed by atoms with Crippen molar-refractivity contribution in [2.45, 2.75) is 25.2 Å². The molecule has 4 heterocycles. The van der Waals surface area contributed by atoms with Gasteiger partial charge in [-0.15, -0.1) is 11.3 Å². The quantitative estimate of drug-likeness (QED) is 0.243. The monoisotopic (exact) mass is 622 g/mol. The van der Waals surface area contributed by atoms with E-state index in [4.69, 9.17) is 14.2 Å². The number of hydrogen-bond donors (Lipinski definition) is 0. The Morgan fingerprint density at radius 1 is 1.14 bits per heavy atom. The molecule has 3 unspecified atom stereocenters. The molecule has 0 bridgehead atoms. The van der Waals surface area contributed by atoms with Crippen LogP contribution >= 0.6 is 11.3 Å². The van der Waals surface area contributed by atoms with Crippen LogP contribution in [0.3, 0.4) is 0 Å². The lowest BCUT2D eigenvalue weighted by Crippen LogP contribution is -2.67. The summed E-state index contributed by atoms with van der Waals surface area (Å²) in [6.07, 6.45) is -0.662. The third kappa shape index (κ3) is 4.24. The average molecular weight is 623 g/mol. The normalized spacial score (nSPS) is 20.0. The van der Waals surface area contributed by atoms with E-state index >= 15 is 4.39 Å². The zero-order valence-electron chi connectivity index (χ0n) is 23.4. The van der Waals surface area contributed by atoms with E-state index in [2.05, 4.69) is 9.72 Å². The van der Waals surface area contributed by atoms with Crippen molar-refractivity contribution in [3.63, 3.8) is 0 Å². The molecule has 0 N–H and O–H groups in total. The number of aromatic nitrogens is 2. The summed E-state index contributed by atoms with van der Waals surface area (Å²) >= 11 is 1.31. The average Bonchev–Trinajstić information content (AvgIpc) is 3.47. The van der Waals surface area contributed by atoms with Crippen LogP contribution in [0.4, 0.5) is 13.6 Å². The van der Waals surface area contributed by atoms with E-state index in [9.17, 15) is 18.8 Å². The second kappa shape index (κ2) is 10.7. The number of ether oxygens (including phenoxy) is 4. The highest BCUT2D eigenvalue weighted by Gasteiger charge is 2.48. The summed E-state index contributed by atoms with van der Waals surface area (Å²) in [5.74, 6) is -2.93. The summed E-state index contributed by atoms with van der Waals surface area (Å²) in [6, 6.07) is 10.4. The Morgan fingerprint density at radius 2 is 1.95 bits per heavy atom. The minimum Gasteiger partial charge on any atom is -0.451 e. The van der Waals surface area contributed by atoms with Gasteiger partial charge in [-0.1, -0.05) is 30.3 Å². The minimum absolute atomic E-state index is 0.00143. The highest BCUT2D eigenvalue weighted by atomic mass is 32.1. The first-order valence-electron chi connectivity index (χ1n) is 13.6. The van der Waals surface area contributed by atoms with E-state index in [-0.39, 0.29) is 36.3 Å². The Bertz CT molecular complexity index is 1880. The van der Waals surface area contributed by atoms with Gasteiger partial charge in [-0.25, -0.2) is 18.6 Å². The van der Waals surface area contributed by atoms with Crippen LogP contribution in [0.2, 0.25) is 0 Å². The molecular formula is C30H24F2N4O7S. The number of morpholine rings is 1. The smallest absolute Gasteiger partial charge is 0.451 e. The standard InChI is InChI=1S/C30H24F2N4O7S/c1-15-11-34-21(12-41-15)36(35-10-9-20(37)27(26(35)29(34)38)42-14-43-30(39)40-2)25-16-5-3-4-6-17(16)28-24(33-13-44-28)22-18(25)7-8-19(31)23(22)32/h3-10,13,15,21,25H,11-12,14H2,1-2H3. The van der Waals surface area contributed by atoms with Crippen molar-refractivity contribution in [2.24, 2.45) is 0 Å². The number of pyridine rings is 1. The molecule has 1 saturated heterocycles. The SMILES string of the molecule is COC(=O)OCOc1c2n(ccc1=O)N(C1c3ccccc3-c3scnc3-c3c1ccc(F)c3F)C1COC(C)CN1C2=O. The molecule has 14 heteroatoms. The van der Waals surface area contributed by atoms with Gasteiger partial charge in [-0.05, 0) is 29.7 Å². The third-order valence-corrected chi connectivity index (χ3v) is 8.79. The fraction of sp³-hybridized carbons (Fsp3) is 0.267. The van der Waals surface area contributed by atoms with Gasteiger partial charge in [-0.2, -0.15) is 0 Å². The van der Waals surface area contributed by atoms with Gasteiger partial charge in [0, 0.05) is 24.4 Å². The Balaban J connectivity index is 1.50. The minimum atomic E-state index is -1.05. The van der Waals surface area contributed by atoms with Crippen LogP contribution < -0.4 is 15.2 Å². The lowest BCUT2D eigenvalue weighted by Gasteiger charge is -2.52. The van der Waals surface area contributed by atoms with Crippen molar-refractivity contribution in [2.75, 3.05) is 32.1 Å². The number of carbonyl (C=O) groups excluding carboxylic acids is 2. The van der Waals surface area contributed by atoms with Crippen LogP contribution in [0.25, 0.3) is 21.7 Å². The summed E-state index contributed by atoms with van der Waals surface area (Å²) in [5, 5.41) is 1.81. The molecule has 1 amide bonds. The van der Waals surface area contributed by atoms with Crippen molar-refractivity contribution in [1.82, 2.24) is 14.6 Å². The summed E-state index contributed by atoms with van der Waals surface area (Å²) in [5.41, 5.74) is 3.03. The molecule has 1 fully saturated rings. The zero-order chi connectivity index (χ0) is 30.7. The number of halogens is 2. The van der Waals surface area contributed by atoms with Crippen LogP contribution in [0, 0.1) is 11.6 Å². The molecular weight excluding hydrogens is 598 g/mol. The molecule has 4 aromatic rings. The van der Waals surface area contributed by atoms with Crippen molar-refractivity contribution in [1.29, 1.82) is 0 Å². The van der Waals surface area contributed by atoms with Gasteiger partial charge in [0.1, 0.15) is 6.17 Å². The highest BCUT2D eigenvalue weighted by molar-refractivity contribution is 7.13. The van der Waals surface area contributed by atoms with Crippen molar-refractivity contribution < 1.29 is 37.3 Å². The van der Waals surface area contributed by atoms with Crippen LogP contribution in [-0.2, 0) is 14.2 Å². The molecule has 2 aromatic carbocycles. The molecule has 44 heavy (non-hydrogen) atoms. The molecule has 0 radical (unpaired) electrons. The van der Waals surface area contributed by atoms with E-state index in [1.165, 1.54) is 34.3 Å². The van der Waals surface area contributed by atoms with Crippen molar-refractivity contribution >= 4 is 23.4 Å².